The summed E-state index contributed by atoms with van der Waals surface area (Å²) in [6.07, 6.45) is 3.14. The van der Waals surface area contributed by atoms with Gasteiger partial charge in [-0.05, 0) is 50.5 Å². The van der Waals surface area contributed by atoms with E-state index in [-0.39, 0.29) is 6.10 Å². The minimum Gasteiger partial charge on any atom is -0.481 e. The van der Waals surface area contributed by atoms with Gasteiger partial charge < -0.3 is 14.5 Å². The molecule has 136 valence electrons. The Bertz CT molecular complexity index is 868. The number of fused-ring (bicyclic) bond motifs is 1. The number of nitrogens with one attached hydrogen (secondary N) is 1. The van der Waals surface area contributed by atoms with Crippen molar-refractivity contribution in [3.05, 3.63) is 52.6 Å². The maximum atomic E-state index is 5.97. The Morgan fingerprint density at radius 3 is 3.08 bits per heavy atom. The zero-order valence-electron chi connectivity index (χ0n) is 14.5. The standard InChI is InChI=1S/C18H20ClN5O2/c1-12(25-16-7-4-5-13(19)9-16)17-21-22-18(26-17)20-11-14-10-15-6-2-3-8-24(15)23-14/h4-5,7,9-10,12H,2-3,6,8,11H2,1H3,(H,20,22)/t12-/m0/s1. The van der Waals surface area contributed by atoms with E-state index in [9.17, 15) is 0 Å². The third-order valence-electron chi connectivity index (χ3n) is 4.28. The Morgan fingerprint density at radius 1 is 1.31 bits per heavy atom. The molecule has 0 saturated heterocycles. The second-order valence-electron chi connectivity index (χ2n) is 6.32. The van der Waals surface area contributed by atoms with Gasteiger partial charge in [-0.25, -0.2) is 0 Å². The minimum atomic E-state index is -0.378. The fourth-order valence-electron chi connectivity index (χ4n) is 3.00. The summed E-state index contributed by atoms with van der Waals surface area (Å²) < 4.78 is 13.5. The monoisotopic (exact) mass is 373 g/mol. The molecular weight excluding hydrogens is 354 g/mol. The lowest BCUT2D eigenvalue weighted by Gasteiger charge is -2.11. The molecule has 3 aromatic rings. The van der Waals surface area contributed by atoms with Crippen LogP contribution in [0.3, 0.4) is 0 Å². The lowest BCUT2D eigenvalue weighted by molar-refractivity contribution is 0.190. The van der Waals surface area contributed by atoms with Crippen molar-refractivity contribution in [2.24, 2.45) is 0 Å². The summed E-state index contributed by atoms with van der Waals surface area (Å²) in [5.41, 5.74) is 2.27. The van der Waals surface area contributed by atoms with Crippen molar-refractivity contribution in [3.8, 4) is 5.75 Å². The van der Waals surface area contributed by atoms with Crippen LogP contribution in [0.2, 0.25) is 5.02 Å². The van der Waals surface area contributed by atoms with E-state index in [0.717, 1.165) is 18.7 Å². The van der Waals surface area contributed by atoms with Crippen molar-refractivity contribution >= 4 is 17.6 Å². The lowest BCUT2D eigenvalue weighted by atomic mass is 10.1. The van der Waals surface area contributed by atoms with Gasteiger partial charge >= 0.3 is 6.01 Å². The van der Waals surface area contributed by atoms with Crippen LogP contribution in [0.15, 0.2) is 34.7 Å². The van der Waals surface area contributed by atoms with Crippen molar-refractivity contribution in [2.75, 3.05) is 5.32 Å². The number of hydrogen-bond donors (Lipinski definition) is 1. The van der Waals surface area contributed by atoms with E-state index in [4.69, 9.17) is 20.8 Å². The highest BCUT2D eigenvalue weighted by atomic mass is 35.5. The largest absolute Gasteiger partial charge is 0.481 e. The average molecular weight is 374 g/mol. The van der Waals surface area contributed by atoms with E-state index in [1.54, 1.807) is 12.1 Å². The first-order chi connectivity index (χ1) is 12.7. The molecule has 0 bridgehead atoms. The van der Waals surface area contributed by atoms with Gasteiger partial charge in [0, 0.05) is 17.3 Å². The van der Waals surface area contributed by atoms with Gasteiger partial charge in [0.25, 0.3) is 5.89 Å². The quantitative estimate of drug-likeness (QED) is 0.703. The highest BCUT2D eigenvalue weighted by Gasteiger charge is 2.17. The molecule has 0 spiro atoms. The number of aryl methyl sites for hydroxylation is 2. The Kier molecular flexibility index (Phi) is 4.79. The van der Waals surface area contributed by atoms with E-state index in [1.807, 2.05) is 19.1 Å². The van der Waals surface area contributed by atoms with Gasteiger partial charge in [0.15, 0.2) is 6.10 Å². The summed E-state index contributed by atoms with van der Waals surface area (Å²) in [6.45, 7) is 3.39. The smallest absolute Gasteiger partial charge is 0.315 e. The molecule has 7 nitrogen and oxygen atoms in total. The highest BCUT2D eigenvalue weighted by molar-refractivity contribution is 6.30. The molecule has 1 aliphatic heterocycles. The molecule has 0 aliphatic carbocycles. The number of halogens is 1. The molecule has 8 heteroatoms. The van der Waals surface area contributed by atoms with Gasteiger partial charge in [0.2, 0.25) is 0 Å². The predicted molar refractivity (Wildman–Crippen MR) is 97.3 cm³/mol. The van der Waals surface area contributed by atoms with Gasteiger partial charge in [-0.15, -0.1) is 5.10 Å². The van der Waals surface area contributed by atoms with Crippen LogP contribution in [-0.2, 0) is 19.5 Å². The molecule has 0 fully saturated rings. The van der Waals surface area contributed by atoms with Crippen LogP contribution in [0.4, 0.5) is 6.01 Å². The van der Waals surface area contributed by atoms with E-state index >= 15 is 0 Å². The first-order valence-electron chi connectivity index (χ1n) is 8.72. The van der Waals surface area contributed by atoms with E-state index < -0.39 is 0 Å². The van der Waals surface area contributed by atoms with E-state index in [0.29, 0.717) is 29.2 Å². The highest BCUT2D eigenvalue weighted by Crippen LogP contribution is 2.24. The van der Waals surface area contributed by atoms with E-state index in [2.05, 4.69) is 31.4 Å². The summed E-state index contributed by atoms with van der Waals surface area (Å²) in [6, 6.07) is 9.69. The van der Waals surface area contributed by atoms with Crippen LogP contribution in [0.1, 0.15) is 43.1 Å². The van der Waals surface area contributed by atoms with Crippen molar-refractivity contribution in [1.82, 2.24) is 20.0 Å². The topological polar surface area (TPSA) is 78.0 Å². The number of rotatable bonds is 6. The molecule has 1 aromatic carbocycles. The fourth-order valence-corrected chi connectivity index (χ4v) is 3.18. The molecule has 1 N–H and O–H groups in total. The van der Waals surface area contributed by atoms with Crippen LogP contribution in [-0.4, -0.2) is 20.0 Å². The Morgan fingerprint density at radius 2 is 2.23 bits per heavy atom. The Hall–Kier alpha value is -2.54. The zero-order valence-corrected chi connectivity index (χ0v) is 15.2. The van der Waals surface area contributed by atoms with Gasteiger partial charge in [0.1, 0.15) is 5.75 Å². The number of anilines is 1. The van der Waals surface area contributed by atoms with Crippen molar-refractivity contribution in [1.29, 1.82) is 0 Å². The van der Waals surface area contributed by atoms with Crippen LogP contribution in [0, 0.1) is 0 Å². The second kappa shape index (κ2) is 7.37. The first-order valence-corrected chi connectivity index (χ1v) is 9.10. The first kappa shape index (κ1) is 16.9. The maximum absolute atomic E-state index is 5.97. The molecule has 3 heterocycles. The summed E-state index contributed by atoms with van der Waals surface area (Å²) in [5, 5.41) is 16.4. The van der Waals surface area contributed by atoms with Crippen LogP contribution < -0.4 is 10.1 Å². The number of nitrogens with zero attached hydrogens (tertiary/aromatic N) is 4. The molecule has 0 radical (unpaired) electrons. The van der Waals surface area contributed by atoms with Crippen LogP contribution in [0.25, 0.3) is 0 Å². The Labute approximate surface area is 156 Å². The van der Waals surface area contributed by atoms with Gasteiger partial charge in [0.05, 0.1) is 12.2 Å². The summed E-state index contributed by atoms with van der Waals surface area (Å²) in [7, 11) is 0. The SMILES string of the molecule is C[C@H](Oc1cccc(Cl)c1)c1nnc(NCc2cc3n(n2)CCCC3)o1. The van der Waals surface area contributed by atoms with Crippen molar-refractivity contribution in [2.45, 2.75) is 45.4 Å². The van der Waals surface area contributed by atoms with Crippen LogP contribution >= 0.6 is 11.6 Å². The van der Waals surface area contributed by atoms with Gasteiger partial charge in [-0.3, -0.25) is 4.68 Å². The summed E-state index contributed by atoms with van der Waals surface area (Å²) in [5.74, 6) is 1.05. The molecule has 0 saturated carbocycles. The lowest BCUT2D eigenvalue weighted by Crippen LogP contribution is -2.11. The summed E-state index contributed by atoms with van der Waals surface area (Å²) >= 11 is 5.97. The maximum Gasteiger partial charge on any atom is 0.315 e. The number of hydrogen-bond acceptors (Lipinski definition) is 6. The third kappa shape index (κ3) is 3.83. The van der Waals surface area contributed by atoms with Gasteiger partial charge in [-0.1, -0.05) is 22.8 Å². The van der Waals surface area contributed by atoms with Gasteiger partial charge in [-0.2, -0.15) is 5.10 Å². The third-order valence-corrected chi connectivity index (χ3v) is 4.52. The second-order valence-corrected chi connectivity index (χ2v) is 6.76. The van der Waals surface area contributed by atoms with Crippen molar-refractivity contribution in [3.63, 3.8) is 0 Å². The average Bonchev–Trinajstić information content (AvgIpc) is 3.26. The molecule has 1 aliphatic rings. The number of benzene rings is 1. The molecule has 4 rings (SSSR count). The zero-order chi connectivity index (χ0) is 17.9. The fraction of sp³-hybridized carbons (Fsp3) is 0.389. The van der Waals surface area contributed by atoms with Crippen molar-refractivity contribution < 1.29 is 9.15 Å². The number of aromatic nitrogens is 4. The molecular formula is C18H20ClN5O2. The Balaban J connectivity index is 1.36. The molecule has 0 amide bonds. The normalized spacial score (nSPS) is 14.7. The molecule has 26 heavy (non-hydrogen) atoms. The molecule has 2 aromatic heterocycles. The number of ether oxygens (including phenoxy) is 1. The predicted octanol–water partition coefficient (Wildman–Crippen LogP) is 4.01. The molecule has 0 unspecified atom stereocenters. The summed E-state index contributed by atoms with van der Waals surface area (Å²) in [4.78, 5) is 0. The molecule has 1 atom stereocenters. The van der Waals surface area contributed by atoms with Crippen LogP contribution in [0.5, 0.6) is 5.75 Å². The van der Waals surface area contributed by atoms with E-state index in [1.165, 1.54) is 18.5 Å². The minimum absolute atomic E-state index is 0.354.